The molecule has 1 fully saturated rings. The van der Waals surface area contributed by atoms with Gasteiger partial charge in [0, 0.05) is 37.4 Å². The average molecular weight is 372 g/mol. The zero-order valence-electron chi connectivity index (χ0n) is 15.4. The van der Waals surface area contributed by atoms with Gasteiger partial charge in [0.1, 0.15) is 6.29 Å². The smallest absolute Gasteiger partial charge is 0.243 e. The fraction of sp³-hybridized carbons (Fsp3) is 0.350. The molecule has 0 aliphatic carbocycles. The molecule has 1 aliphatic heterocycles. The van der Waals surface area contributed by atoms with Crippen molar-refractivity contribution in [3.8, 4) is 0 Å². The monoisotopic (exact) mass is 372 g/mol. The highest BCUT2D eigenvalue weighted by atomic mass is 32.2. The van der Waals surface area contributed by atoms with Crippen molar-refractivity contribution in [1.29, 1.82) is 0 Å². The summed E-state index contributed by atoms with van der Waals surface area (Å²) in [5.41, 5.74) is 4.90. The Labute approximate surface area is 155 Å². The number of aryl methyl sites for hydroxylation is 3. The molecule has 0 unspecified atom stereocenters. The van der Waals surface area contributed by atoms with E-state index in [9.17, 15) is 13.2 Å². The van der Waals surface area contributed by atoms with Crippen LogP contribution in [0.3, 0.4) is 0 Å². The molecule has 138 valence electrons. The van der Waals surface area contributed by atoms with Crippen LogP contribution in [0.4, 0.5) is 5.69 Å². The lowest BCUT2D eigenvalue weighted by molar-refractivity contribution is 0.112. The van der Waals surface area contributed by atoms with Crippen molar-refractivity contribution >= 4 is 22.0 Å². The average Bonchev–Trinajstić information content (AvgIpc) is 2.62. The molecule has 5 nitrogen and oxygen atoms in total. The fourth-order valence-corrected chi connectivity index (χ4v) is 4.99. The van der Waals surface area contributed by atoms with Crippen LogP contribution in [-0.4, -0.2) is 45.2 Å². The predicted octanol–water partition coefficient (Wildman–Crippen LogP) is 2.94. The maximum atomic E-state index is 12.8. The van der Waals surface area contributed by atoms with Crippen molar-refractivity contribution in [2.75, 3.05) is 31.1 Å². The molecule has 6 heteroatoms. The highest BCUT2D eigenvalue weighted by molar-refractivity contribution is 7.89. The summed E-state index contributed by atoms with van der Waals surface area (Å²) in [4.78, 5) is 13.6. The fourth-order valence-electron chi connectivity index (χ4n) is 3.57. The third kappa shape index (κ3) is 3.52. The van der Waals surface area contributed by atoms with E-state index in [4.69, 9.17) is 0 Å². The summed E-state index contributed by atoms with van der Waals surface area (Å²) in [6.45, 7) is 8.08. The molecule has 2 aromatic rings. The SMILES string of the molecule is Cc1ccc(S(=O)(=O)N2CCN(c3c(C)cc(C=O)cc3C)CC2)cc1. The summed E-state index contributed by atoms with van der Waals surface area (Å²) < 4.78 is 27.2. The topological polar surface area (TPSA) is 57.7 Å². The van der Waals surface area contributed by atoms with Gasteiger partial charge in [-0.3, -0.25) is 4.79 Å². The molecule has 0 amide bonds. The standard InChI is InChI=1S/C20H24N2O3S/c1-15-4-6-19(7-5-15)26(24,25)22-10-8-21(9-11-22)20-16(2)12-18(14-23)13-17(20)3/h4-7,12-14H,8-11H2,1-3H3. The number of rotatable bonds is 4. The third-order valence-corrected chi connectivity index (χ3v) is 6.78. The minimum Gasteiger partial charge on any atom is -0.368 e. The zero-order valence-corrected chi connectivity index (χ0v) is 16.2. The molecule has 3 rings (SSSR count). The van der Waals surface area contributed by atoms with Crippen LogP contribution >= 0.6 is 0 Å². The maximum Gasteiger partial charge on any atom is 0.243 e. The zero-order chi connectivity index (χ0) is 18.9. The summed E-state index contributed by atoms with van der Waals surface area (Å²) in [5, 5.41) is 0. The van der Waals surface area contributed by atoms with Gasteiger partial charge in [-0.1, -0.05) is 17.7 Å². The maximum absolute atomic E-state index is 12.8. The molecule has 1 heterocycles. The molecular weight excluding hydrogens is 348 g/mol. The Bertz CT molecular complexity index is 890. The summed E-state index contributed by atoms with van der Waals surface area (Å²) in [7, 11) is -3.45. The number of aldehydes is 1. The largest absolute Gasteiger partial charge is 0.368 e. The second kappa shape index (κ2) is 7.21. The van der Waals surface area contributed by atoms with Crippen molar-refractivity contribution in [1.82, 2.24) is 4.31 Å². The minimum absolute atomic E-state index is 0.347. The lowest BCUT2D eigenvalue weighted by Crippen LogP contribution is -2.49. The summed E-state index contributed by atoms with van der Waals surface area (Å²) >= 11 is 0. The molecule has 26 heavy (non-hydrogen) atoms. The van der Waals surface area contributed by atoms with Crippen LogP contribution in [0.2, 0.25) is 0 Å². The van der Waals surface area contributed by atoms with E-state index in [0.29, 0.717) is 36.6 Å². The number of carbonyl (C=O) groups excluding carboxylic acids is 1. The molecule has 0 atom stereocenters. The summed E-state index contributed by atoms with van der Waals surface area (Å²) in [5.74, 6) is 0. The Morgan fingerprint density at radius 3 is 1.92 bits per heavy atom. The van der Waals surface area contributed by atoms with Crippen LogP contribution in [0.5, 0.6) is 0 Å². The van der Waals surface area contributed by atoms with Crippen molar-refractivity contribution in [3.05, 3.63) is 58.7 Å². The van der Waals surface area contributed by atoms with Crippen LogP contribution in [0.25, 0.3) is 0 Å². The quantitative estimate of drug-likeness (QED) is 0.775. The van der Waals surface area contributed by atoms with E-state index in [0.717, 1.165) is 28.7 Å². The number of anilines is 1. The third-order valence-electron chi connectivity index (χ3n) is 4.86. The van der Waals surface area contributed by atoms with Gasteiger partial charge in [-0.2, -0.15) is 4.31 Å². The van der Waals surface area contributed by atoms with Crippen molar-refractivity contribution in [2.24, 2.45) is 0 Å². The molecule has 1 aliphatic rings. The number of benzene rings is 2. The van der Waals surface area contributed by atoms with E-state index in [1.165, 1.54) is 0 Å². The van der Waals surface area contributed by atoms with Gasteiger partial charge >= 0.3 is 0 Å². The van der Waals surface area contributed by atoms with Crippen LogP contribution in [-0.2, 0) is 10.0 Å². The van der Waals surface area contributed by atoms with Crippen LogP contribution in [0, 0.1) is 20.8 Å². The predicted molar refractivity (Wildman–Crippen MR) is 103 cm³/mol. The molecule has 0 bridgehead atoms. The Morgan fingerprint density at radius 2 is 1.42 bits per heavy atom. The molecule has 0 spiro atoms. The molecule has 0 saturated carbocycles. The Morgan fingerprint density at radius 1 is 0.885 bits per heavy atom. The molecule has 0 N–H and O–H groups in total. The molecular formula is C20H24N2O3S. The number of nitrogens with zero attached hydrogens (tertiary/aromatic N) is 2. The van der Waals surface area contributed by atoms with E-state index in [-0.39, 0.29) is 0 Å². The van der Waals surface area contributed by atoms with Crippen LogP contribution in [0.1, 0.15) is 27.0 Å². The first kappa shape index (κ1) is 18.6. The van der Waals surface area contributed by atoms with Crippen molar-refractivity contribution in [3.63, 3.8) is 0 Å². The number of sulfonamides is 1. The van der Waals surface area contributed by atoms with Crippen LogP contribution < -0.4 is 4.90 Å². The molecule has 0 aromatic heterocycles. The summed E-state index contributed by atoms with van der Waals surface area (Å²) in [6, 6.07) is 10.7. The second-order valence-corrected chi connectivity index (χ2v) is 8.76. The lowest BCUT2D eigenvalue weighted by Gasteiger charge is -2.37. The molecule has 0 radical (unpaired) electrons. The van der Waals surface area contributed by atoms with E-state index in [1.807, 2.05) is 45.0 Å². The van der Waals surface area contributed by atoms with Gasteiger partial charge in [0.25, 0.3) is 0 Å². The first-order valence-corrected chi connectivity index (χ1v) is 10.1. The van der Waals surface area contributed by atoms with Gasteiger partial charge in [-0.15, -0.1) is 0 Å². The number of piperazine rings is 1. The number of hydrogen-bond donors (Lipinski definition) is 0. The number of carbonyl (C=O) groups is 1. The highest BCUT2D eigenvalue weighted by Crippen LogP contribution is 2.28. The van der Waals surface area contributed by atoms with Crippen molar-refractivity contribution < 1.29 is 13.2 Å². The van der Waals surface area contributed by atoms with E-state index in [1.54, 1.807) is 16.4 Å². The van der Waals surface area contributed by atoms with E-state index >= 15 is 0 Å². The minimum atomic E-state index is -3.45. The van der Waals surface area contributed by atoms with Gasteiger partial charge in [0.15, 0.2) is 0 Å². The van der Waals surface area contributed by atoms with Gasteiger partial charge < -0.3 is 4.90 Å². The molecule has 1 saturated heterocycles. The first-order chi connectivity index (χ1) is 12.3. The van der Waals surface area contributed by atoms with Gasteiger partial charge in [0.05, 0.1) is 4.90 Å². The lowest BCUT2D eigenvalue weighted by atomic mass is 10.0. The van der Waals surface area contributed by atoms with Gasteiger partial charge in [-0.25, -0.2) is 8.42 Å². The Hall–Kier alpha value is -2.18. The number of hydrogen-bond acceptors (Lipinski definition) is 4. The Kier molecular flexibility index (Phi) is 5.16. The summed E-state index contributed by atoms with van der Waals surface area (Å²) in [6.07, 6.45) is 0.857. The molecule has 2 aromatic carbocycles. The highest BCUT2D eigenvalue weighted by Gasteiger charge is 2.29. The van der Waals surface area contributed by atoms with Gasteiger partial charge in [0.2, 0.25) is 10.0 Å². The van der Waals surface area contributed by atoms with Crippen LogP contribution in [0.15, 0.2) is 41.3 Å². The van der Waals surface area contributed by atoms with E-state index < -0.39 is 10.0 Å². The van der Waals surface area contributed by atoms with E-state index in [2.05, 4.69) is 4.90 Å². The van der Waals surface area contributed by atoms with Crippen molar-refractivity contribution in [2.45, 2.75) is 25.7 Å². The normalized spacial score (nSPS) is 15.9. The van der Waals surface area contributed by atoms with Gasteiger partial charge in [-0.05, 0) is 56.2 Å². The second-order valence-electron chi connectivity index (χ2n) is 6.83. The first-order valence-electron chi connectivity index (χ1n) is 8.71. The Balaban J connectivity index is 1.77.